The highest BCUT2D eigenvalue weighted by atomic mass is 32.2. The number of nitrogens with zero attached hydrogens (tertiary/aromatic N) is 2. The van der Waals surface area contributed by atoms with Gasteiger partial charge in [0.1, 0.15) is 22.0 Å². The molecule has 0 aliphatic carbocycles. The lowest BCUT2D eigenvalue weighted by molar-refractivity contribution is -0.106. The number of aliphatic hydroxyl groups excluding tert-OH is 1. The molecular formula is C27H50N3O9PS. The molecule has 1 aromatic rings. The van der Waals surface area contributed by atoms with Gasteiger partial charge in [-0.1, -0.05) is 64.7 Å². The SMILES string of the molecule is CC1(CCCCCCCCCCCCS(=O)(=O)CCCOP(=O)(O)CO[C@H](CO)Cn2cnc(N)cc2=O)COC1. The minimum Gasteiger partial charge on any atom is -0.394 e. The molecule has 0 spiro atoms. The molecule has 0 bridgehead atoms. The van der Waals surface area contributed by atoms with Crippen LogP contribution >= 0.6 is 7.60 Å². The van der Waals surface area contributed by atoms with Gasteiger partial charge >= 0.3 is 7.60 Å². The maximum atomic E-state index is 12.3. The predicted molar refractivity (Wildman–Crippen MR) is 158 cm³/mol. The number of anilines is 1. The third kappa shape index (κ3) is 15.6. The molecule has 2 rings (SSSR count). The van der Waals surface area contributed by atoms with E-state index in [1.54, 1.807) is 0 Å². The van der Waals surface area contributed by atoms with Crippen LogP contribution in [0.5, 0.6) is 0 Å². The smallest absolute Gasteiger partial charge is 0.353 e. The summed E-state index contributed by atoms with van der Waals surface area (Å²) < 4.78 is 53.5. The van der Waals surface area contributed by atoms with Gasteiger partial charge in [-0.05, 0) is 19.3 Å². The minimum absolute atomic E-state index is 0.0514. The molecule has 41 heavy (non-hydrogen) atoms. The summed E-state index contributed by atoms with van der Waals surface area (Å²) in [5.41, 5.74) is 5.41. The van der Waals surface area contributed by atoms with Crippen molar-refractivity contribution in [3.8, 4) is 0 Å². The van der Waals surface area contributed by atoms with Crippen LogP contribution in [0.4, 0.5) is 5.82 Å². The summed E-state index contributed by atoms with van der Waals surface area (Å²) in [6.07, 6.45) is 12.1. The van der Waals surface area contributed by atoms with Gasteiger partial charge in [-0.2, -0.15) is 0 Å². The van der Waals surface area contributed by atoms with Crippen molar-refractivity contribution >= 4 is 23.3 Å². The van der Waals surface area contributed by atoms with Crippen molar-refractivity contribution in [2.24, 2.45) is 5.41 Å². The normalized spacial score (nSPS) is 17.1. The van der Waals surface area contributed by atoms with E-state index in [1.807, 2.05) is 0 Å². The quantitative estimate of drug-likeness (QED) is 0.113. The Hall–Kier alpha value is -1.34. The Balaban J connectivity index is 1.46. The molecule has 1 aliphatic rings. The minimum atomic E-state index is -4.18. The molecule has 238 valence electrons. The fourth-order valence-corrected chi connectivity index (χ4v) is 6.96. The number of hydrogen-bond acceptors (Lipinski definition) is 10. The maximum Gasteiger partial charge on any atom is 0.353 e. The van der Waals surface area contributed by atoms with Gasteiger partial charge < -0.3 is 29.7 Å². The number of aromatic nitrogens is 2. The van der Waals surface area contributed by atoms with Gasteiger partial charge in [-0.25, -0.2) is 13.4 Å². The standard InChI is InChI=1S/C27H50N3O9PS/c1-27(20-37-21-27)13-10-8-6-4-2-3-5-7-9-11-15-41(35,36)16-12-14-39-40(33,34)23-38-24(19-31)18-30-22-29-25(28)17-26(30)32/h17,22,24,31H,2-16,18-21,23,28H2,1H3,(H,33,34)/t24-/m0/s1. The lowest BCUT2D eigenvalue weighted by Crippen LogP contribution is -2.39. The van der Waals surface area contributed by atoms with Crippen LogP contribution in [0.2, 0.25) is 0 Å². The fourth-order valence-electron chi connectivity index (χ4n) is 4.67. The second kappa shape index (κ2) is 18.4. The van der Waals surface area contributed by atoms with Crippen LogP contribution in [0.15, 0.2) is 17.2 Å². The summed E-state index contributed by atoms with van der Waals surface area (Å²) in [7, 11) is -7.44. The molecular weight excluding hydrogens is 573 g/mol. The van der Waals surface area contributed by atoms with Crippen LogP contribution in [0.1, 0.15) is 84.0 Å². The van der Waals surface area contributed by atoms with Crippen molar-refractivity contribution in [3.05, 3.63) is 22.7 Å². The molecule has 2 heterocycles. The first-order chi connectivity index (χ1) is 19.4. The molecule has 0 amide bonds. The fraction of sp³-hybridized carbons (Fsp3) is 0.852. The molecule has 12 nitrogen and oxygen atoms in total. The number of nitrogen functional groups attached to an aromatic ring is 1. The summed E-state index contributed by atoms with van der Waals surface area (Å²) in [6, 6.07) is 1.11. The van der Waals surface area contributed by atoms with Crippen LogP contribution < -0.4 is 11.3 Å². The first kappa shape index (κ1) is 35.9. The average molecular weight is 624 g/mol. The van der Waals surface area contributed by atoms with Gasteiger partial charge in [0.2, 0.25) is 0 Å². The van der Waals surface area contributed by atoms with E-state index in [0.717, 1.165) is 43.1 Å². The third-order valence-electron chi connectivity index (χ3n) is 7.26. The summed E-state index contributed by atoms with van der Waals surface area (Å²) in [5.74, 6) is 0.0383. The summed E-state index contributed by atoms with van der Waals surface area (Å²) in [6.45, 7) is 3.31. The van der Waals surface area contributed by atoms with Gasteiger partial charge in [0.15, 0.2) is 0 Å². The van der Waals surface area contributed by atoms with Crippen LogP contribution in [-0.4, -0.2) is 78.4 Å². The Kier molecular flexibility index (Phi) is 16.0. The molecule has 0 saturated carbocycles. The molecule has 2 atom stereocenters. The first-order valence-corrected chi connectivity index (χ1v) is 18.3. The highest BCUT2D eigenvalue weighted by Crippen LogP contribution is 2.42. The van der Waals surface area contributed by atoms with E-state index >= 15 is 0 Å². The lowest BCUT2D eigenvalue weighted by Gasteiger charge is -2.38. The Morgan fingerprint density at radius 2 is 1.66 bits per heavy atom. The molecule has 1 aromatic heterocycles. The van der Waals surface area contributed by atoms with Gasteiger partial charge in [-0.15, -0.1) is 0 Å². The number of ether oxygens (including phenoxy) is 2. The van der Waals surface area contributed by atoms with E-state index in [-0.39, 0.29) is 36.9 Å². The van der Waals surface area contributed by atoms with E-state index in [1.165, 1.54) is 51.3 Å². The van der Waals surface area contributed by atoms with E-state index in [4.69, 9.17) is 19.7 Å². The Morgan fingerprint density at radius 1 is 1.07 bits per heavy atom. The lowest BCUT2D eigenvalue weighted by atomic mass is 9.83. The number of rotatable bonds is 24. The van der Waals surface area contributed by atoms with Gasteiger partial charge in [-0.3, -0.25) is 13.9 Å². The Labute approximate surface area is 244 Å². The number of nitrogens with two attached hydrogens (primary N) is 1. The zero-order chi connectivity index (χ0) is 30.2. The molecule has 1 aliphatic heterocycles. The van der Waals surface area contributed by atoms with Gasteiger partial charge in [0.25, 0.3) is 5.56 Å². The van der Waals surface area contributed by atoms with Crippen molar-refractivity contribution in [1.29, 1.82) is 0 Å². The summed E-state index contributed by atoms with van der Waals surface area (Å²) in [4.78, 5) is 25.6. The molecule has 4 N–H and O–H groups in total. The van der Waals surface area contributed by atoms with E-state index in [2.05, 4.69) is 11.9 Å². The van der Waals surface area contributed by atoms with Crippen LogP contribution in [0, 0.1) is 5.41 Å². The number of sulfone groups is 1. The Morgan fingerprint density at radius 3 is 2.22 bits per heavy atom. The molecule has 14 heteroatoms. The topological polar surface area (TPSA) is 180 Å². The van der Waals surface area contributed by atoms with Crippen molar-refractivity contribution in [3.63, 3.8) is 0 Å². The van der Waals surface area contributed by atoms with Crippen molar-refractivity contribution in [2.75, 3.05) is 50.0 Å². The maximum absolute atomic E-state index is 12.3. The average Bonchev–Trinajstić information content (AvgIpc) is 2.90. The van der Waals surface area contributed by atoms with Crippen LogP contribution in [-0.2, 0) is 34.9 Å². The molecule has 1 fully saturated rings. The highest BCUT2D eigenvalue weighted by Gasteiger charge is 2.32. The number of hydrogen-bond donors (Lipinski definition) is 3. The van der Waals surface area contributed by atoms with Crippen LogP contribution in [0.3, 0.4) is 0 Å². The summed E-state index contributed by atoms with van der Waals surface area (Å²) in [5, 5.41) is 9.47. The third-order valence-corrected chi connectivity index (χ3v) is 10.1. The second-order valence-electron chi connectivity index (χ2n) is 11.5. The summed E-state index contributed by atoms with van der Waals surface area (Å²) >= 11 is 0. The van der Waals surface area contributed by atoms with E-state index in [0.29, 0.717) is 11.8 Å². The van der Waals surface area contributed by atoms with Crippen molar-refractivity contribution < 1.29 is 37.0 Å². The van der Waals surface area contributed by atoms with Crippen LogP contribution in [0.25, 0.3) is 0 Å². The second-order valence-corrected chi connectivity index (χ2v) is 15.6. The largest absolute Gasteiger partial charge is 0.394 e. The number of unbranched alkanes of at least 4 members (excludes halogenated alkanes) is 9. The first-order valence-electron chi connectivity index (χ1n) is 14.7. The van der Waals surface area contributed by atoms with E-state index in [9.17, 15) is 27.8 Å². The highest BCUT2D eigenvalue weighted by molar-refractivity contribution is 7.91. The monoisotopic (exact) mass is 623 g/mol. The van der Waals surface area contributed by atoms with Crippen molar-refractivity contribution in [2.45, 2.75) is 96.6 Å². The van der Waals surface area contributed by atoms with Gasteiger partial charge in [0.05, 0.1) is 56.9 Å². The zero-order valence-corrected chi connectivity index (χ0v) is 26.2. The van der Waals surface area contributed by atoms with Gasteiger partial charge in [0, 0.05) is 11.5 Å². The van der Waals surface area contributed by atoms with E-state index < -0.39 is 42.1 Å². The molecule has 0 radical (unpaired) electrons. The molecule has 1 unspecified atom stereocenters. The zero-order valence-electron chi connectivity index (χ0n) is 24.5. The van der Waals surface area contributed by atoms with Crippen molar-refractivity contribution in [1.82, 2.24) is 9.55 Å². The Bertz CT molecular complexity index is 1100. The molecule has 1 saturated heterocycles. The molecule has 0 aromatic carbocycles. The number of aliphatic hydroxyl groups is 1. The predicted octanol–water partition coefficient (Wildman–Crippen LogP) is 3.50.